The molecule has 2 aromatic carbocycles. The van der Waals surface area contributed by atoms with Crippen LogP contribution in [0.15, 0.2) is 48.5 Å². The first-order valence-electron chi connectivity index (χ1n) is 47.1. The monoisotopic (exact) mass is 2130 g/mol. The van der Waals surface area contributed by atoms with Crippen molar-refractivity contribution < 1.29 is 107 Å². The number of carboxylic acid groups (broad SMARTS) is 1. The Labute approximate surface area is 859 Å². The Morgan fingerprint density at radius 1 is 0.425 bits per heavy atom. The van der Waals surface area contributed by atoms with Crippen molar-refractivity contribution in [3.63, 3.8) is 0 Å². The van der Waals surface area contributed by atoms with E-state index in [9.17, 15) is 49.2 Å². The van der Waals surface area contributed by atoms with Crippen LogP contribution in [0.2, 0.25) is 0 Å². The number of rotatable bonds is 39. The van der Waals surface area contributed by atoms with Gasteiger partial charge in [0, 0.05) is 68.6 Å². The summed E-state index contributed by atoms with van der Waals surface area (Å²) in [7, 11) is 3.08. The predicted molar refractivity (Wildman–Crippen MR) is 546 cm³/mol. The van der Waals surface area contributed by atoms with Crippen molar-refractivity contribution >= 4 is 179 Å². The molecule has 4 rings (SSSR count). The van der Waals surface area contributed by atoms with Crippen LogP contribution >= 0.6 is 43.2 Å². The molecule has 2 saturated heterocycles. The van der Waals surface area contributed by atoms with Crippen molar-refractivity contribution in [2.24, 2.45) is 52.2 Å². The maximum Gasteiger partial charge on any atom is 0.326 e. The number of aliphatic hydroxyl groups is 1. The van der Waals surface area contributed by atoms with E-state index in [-0.39, 0.29) is 133 Å². The van der Waals surface area contributed by atoms with Crippen LogP contribution in [0.1, 0.15) is 137 Å². The van der Waals surface area contributed by atoms with E-state index in [2.05, 4.69) is 117 Å². The second kappa shape index (κ2) is 65.5. The molecule has 0 aromatic heterocycles. The molecule has 0 spiro atoms. The highest BCUT2D eigenvalue weighted by molar-refractivity contribution is 8.77. The number of hydrogen-bond acceptors (Lipinski definition) is 31. The Morgan fingerprint density at radius 2 is 0.815 bits per heavy atom. The lowest BCUT2D eigenvalue weighted by Gasteiger charge is -2.30. The standard InChI is InChI=1S/C87H143N33O22S4/c1-8-44(6)66-80(139)117-61-41-146-145-40-60(77(136)113-56(33-46-19-23-48(122)24-20-46)73(132)108-50(14-9-27-99-83(89)90)68(127)105-37-64(126)118-66)115-72(131)55(32-42(2)3)112-71(130)53(17-12-30-102-86(95)96)110-70(129)52(16-11-29-101-85(93)94)111-75(134)58(107-62(124)35-88)38-143-144-39-59(76(135)109-51(15-10-28-100-84(91)92)69(128)104-36-63(125)106-54(82(141)142)18-13-31-103-87(97)98)116-74(133)57(34-47-21-25-49(123)26-22-47)114-81(140)67(45(7)121)120-79(138)65(43(4)5)119-78(61)137/h19-26,42-45,50-61,65-67,121-123H,8-18,27-41,88H2,1-7H3,(H,104,128)(H,105,127)(H,106,125)(H,107,124)(H,108,132)(H,109,135)(H,110,129)(H,111,134)(H,112,130)(H,113,136)(H,114,140)(H,115,131)(H,116,133)(H,117,139)(H,118,126)(H,119,137)(H,120,138)(H,141,142)(H4,89,90,99)(H4,91,92,100)(H4,93,94,101)(H4,95,96,102)(H4,97,98,103)/t44-,45+,50-,51-,52-,53-,54-,55-,56-,57-,58-,59-,60-,61-,65-,66-,67-/m0/s1. The number of aliphatic hydroxyl groups excluding tert-OH is 1. The van der Waals surface area contributed by atoms with Crippen molar-refractivity contribution in [3.8, 4) is 11.5 Å². The van der Waals surface area contributed by atoms with Gasteiger partial charge in [0.1, 0.15) is 102 Å². The lowest BCUT2D eigenvalue weighted by Crippen LogP contribution is -2.63. The number of aromatic hydroxyl groups is 2. The number of phenolic OH excluding ortho intramolecular Hbond substituents is 2. The fraction of sp³-hybridized carbons (Fsp3) is 0.598. The van der Waals surface area contributed by atoms with Gasteiger partial charge in [-0.3, -0.25) is 109 Å². The second-order valence-corrected chi connectivity index (χ2v) is 40.2. The zero-order chi connectivity index (χ0) is 109. The summed E-state index contributed by atoms with van der Waals surface area (Å²) < 4.78 is 0. The van der Waals surface area contributed by atoms with Gasteiger partial charge in [0.2, 0.25) is 100 Å². The molecule has 43 N–H and O–H groups in total. The molecular weight excluding hydrogens is 1990 g/mol. The fourth-order valence-electron chi connectivity index (χ4n) is 14.2. The largest absolute Gasteiger partial charge is 0.508 e. The Balaban J connectivity index is 2.11. The van der Waals surface area contributed by atoms with Crippen molar-refractivity contribution in [1.29, 1.82) is 27.0 Å². The zero-order valence-corrected chi connectivity index (χ0v) is 85.5. The van der Waals surface area contributed by atoms with Gasteiger partial charge in [-0.2, -0.15) is 0 Å². The van der Waals surface area contributed by atoms with Gasteiger partial charge in [-0.05, 0) is 131 Å². The summed E-state index contributed by atoms with van der Waals surface area (Å²) in [5, 5.41) is 137. The van der Waals surface area contributed by atoms with E-state index >= 15 is 57.5 Å². The molecule has 2 fully saturated rings. The van der Waals surface area contributed by atoms with Gasteiger partial charge in [0.15, 0.2) is 29.8 Å². The van der Waals surface area contributed by atoms with Crippen molar-refractivity contribution in [3.05, 3.63) is 59.7 Å². The van der Waals surface area contributed by atoms with Crippen molar-refractivity contribution in [1.82, 2.24) is 117 Å². The summed E-state index contributed by atoms with van der Waals surface area (Å²) in [6.45, 7) is 7.89. The third-order valence-corrected chi connectivity index (χ3v) is 27.1. The molecule has 2 aromatic rings. The van der Waals surface area contributed by atoms with Gasteiger partial charge in [0.25, 0.3) is 0 Å². The van der Waals surface area contributed by atoms with Crippen molar-refractivity contribution in [2.75, 3.05) is 75.4 Å². The Kier molecular flexibility index (Phi) is 55.9. The number of carbonyl (C=O) groups excluding carboxylic acids is 17. The average molecular weight is 2130 g/mol. The Morgan fingerprint density at radius 3 is 1.27 bits per heavy atom. The van der Waals surface area contributed by atoms with E-state index in [0.29, 0.717) is 5.56 Å². The highest BCUT2D eigenvalue weighted by Gasteiger charge is 2.41. The van der Waals surface area contributed by atoms with Crippen LogP contribution in [0.3, 0.4) is 0 Å². The number of carboxylic acids is 1. The van der Waals surface area contributed by atoms with Crippen LogP contribution in [0.4, 0.5) is 0 Å². The summed E-state index contributed by atoms with van der Waals surface area (Å²) >= 11 is 0. The maximum absolute atomic E-state index is 15.5. The molecule has 59 heteroatoms. The number of nitrogens with one attached hydrogen (secondary N) is 27. The number of nitrogens with two attached hydrogens (primary N) is 6. The summed E-state index contributed by atoms with van der Waals surface area (Å²) in [4.78, 5) is 265. The van der Waals surface area contributed by atoms with Crippen LogP contribution in [0.25, 0.3) is 0 Å². The topological polar surface area (TPSA) is 928 Å². The summed E-state index contributed by atoms with van der Waals surface area (Å²) in [5.74, 6) is -26.9. The molecule has 2 bridgehead atoms. The molecule has 2 aliphatic heterocycles. The molecule has 17 amide bonds. The molecule has 17 atom stereocenters. The minimum atomic E-state index is -2.07. The van der Waals surface area contributed by atoms with Gasteiger partial charge < -0.3 is 172 Å². The zero-order valence-electron chi connectivity index (χ0n) is 82.2. The SMILES string of the molecule is CC[C@H](C)[C@@H]1NC(=O)CNC(=O)[C@H](CCCNC(=N)N)NC(=O)[C@H](Cc2ccc(O)cc2)NC(=O)[C@@H]2CSSC[C@H](NC1=O)C(=O)N[C@@H](C(C)C)C(=O)N[C@@H]([C@@H](C)O)C(=O)N[C@@H](Cc1ccc(O)cc1)C(=O)N[C@H](C(=O)N[C@@H](CCCNC(=N)N)C(=O)NCC(=O)N[C@@H](CCCNC(=N)N)C(=O)O)CSSC[C@H](NC(=O)CN)C(=O)N[C@@H](CCCNC(=N)N)C(=O)N[C@@H](CCCNC(=N)N)C(=O)N[C@@H](CC(C)C)C(=O)N2. The number of fused-ring (bicyclic) bond motifs is 5. The summed E-state index contributed by atoms with van der Waals surface area (Å²) in [5.41, 5.74) is 34.1. The van der Waals surface area contributed by atoms with Crippen LogP contribution in [0.5, 0.6) is 11.5 Å². The lowest BCUT2D eigenvalue weighted by atomic mass is 9.97. The van der Waals surface area contributed by atoms with E-state index < -0.39 is 300 Å². The van der Waals surface area contributed by atoms with E-state index in [0.717, 1.165) is 50.1 Å². The van der Waals surface area contributed by atoms with Crippen LogP contribution in [-0.2, 0) is 99.1 Å². The third-order valence-electron chi connectivity index (χ3n) is 22.3. The molecule has 812 valence electrons. The Bertz CT molecular complexity index is 4810. The molecule has 55 nitrogen and oxygen atoms in total. The van der Waals surface area contributed by atoms with Gasteiger partial charge in [-0.15, -0.1) is 0 Å². The van der Waals surface area contributed by atoms with Gasteiger partial charge in [-0.25, -0.2) is 4.79 Å². The predicted octanol–water partition coefficient (Wildman–Crippen LogP) is -9.33. The average Bonchev–Trinajstić information content (AvgIpc) is 0.843. The minimum absolute atomic E-state index is 0.0145. The first-order valence-corrected chi connectivity index (χ1v) is 52.1. The first-order chi connectivity index (χ1) is 69.0. The smallest absolute Gasteiger partial charge is 0.326 e. The minimum Gasteiger partial charge on any atom is -0.508 e. The normalized spacial score (nSPS) is 22.6. The number of amides is 17. The molecule has 2 aliphatic rings. The molecule has 2 heterocycles. The summed E-state index contributed by atoms with van der Waals surface area (Å²) in [6.07, 6.45) is -4.21. The number of aliphatic carboxylic acids is 1. The fourth-order valence-corrected chi connectivity index (χ4v) is 18.8. The van der Waals surface area contributed by atoms with E-state index in [1.165, 1.54) is 62.4 Å². The van der Waals surface area contributed by atoms with Crippen LogP contribution in [0, 0.1) is 44.8 Å². The summed E-state index contributed by atoms with van der Waals surface area (Å²) in [6, 6.07) is -15.2. The van der Waals surface area contributed by atoms with Gasteiger partial charge in [0.05, 0.1) is 25.7 Å². The number of phenols is 2. The van der Waals surface area contributed by atoms with E-state index in [1.54, 1.807) is 27.7 Å². The molecular formula is C87H143N33O22S4. The highest BCUT2D eigenvalue weighted by atomic mass is 33.1. The molecule has 0 unspecified atom stereocenters. The lowest BCUT2D eigenvalue weighted by molar-refractivity contribution is -0.142. The maximum atomic E-state index is 15.5. The number of guanidine groups is 5. The molecule has 146 heavy (non-hydrogen) atoms. The number of benzene rings is 2. The Hall–Kier alpha value is -13.8. The van der Waals surface area contributed by atoms with E-state index in [4.69, 9.17) is 61.4 Å². The molecule has 0 radical (unpaired) electrons. The van der Waals surface area contributed by atoms with Crippen molar-refractivity contribution in [2.45, 2.75) is 235 Å². The molecule has 0 saturated carbocycles. The first kappa shape index (κ1) is 124. The number of hydrogen-bond donors (Lipinski definition) is 37. The van der Waals surface area contributed by atoms with Gasteiger partial charge in [-0.1, -0.05) is 115 Å². The molecule has 0 aliphatic carbocycles. The quantitative estimate of drug-likeness (QED) is 0.0128. The van der Waals surface area contributed by atoms with E-state index in [1.807, 2.05) is 0 Å². The number of carbonyl (C=O) groups is 18. The van der Waals surface area contributed by atoms with Crippen LogP contribution < -0.4 is 151 Å². The second-order valence-electron chi connectivity index (χ2n) is 35.1. The third kappa shape index (κ3) is 47.8. The van der Waals surface area contributed by atoms with Crippen LogP contribution in [-0.4, -0.2) is 329 Å². The highest BCUT2D eigenvalue weighted by Crippen LogP contribution is 2.27. The van der Waals surface area contributed by atoms with Gasteiger partial charge >= 0.3 is 5.97 Å².